The average molecular weight is 382 g/mol. The molecule has 6 heteroatoms. The highest BCUT2D eigenvalue weighted by atomic mass is 19.1. The fraction of sp³-hybridized carbons (Fsp3) is 0.409. The molecule has 0 N–H and O–H groups in total. The summed E-state index contributed by atoms with van der Waals surface area (Å²) in [6, 6.07) is 12.5. The molecule has 0 atom stereocenters. The molecule has 5 nitrogen and oxygen atoms in total. The molecule has 1 saturated heterocycles. The molecule has 3 aliphatic rings. The molecule has 0 radical (unpaired) electrons. The van der Waals surface area contributed by atoms with E-state index in [1.54, 1.807) is 12.1 Å². The second-order valence-electron chi connectivity index (χ2n) is 7.84. The minimum atomic E-state index is -0.423. The van der Waals surface area contributed by atoms with Crippen LogP contribution in [-0.2, 0) is 16.8 Å². The Balaban J connectivity index is 1.20. The summed E-state index contributed by atoms with van der Waals surface area (Å²) in [5.74, 6) is 1.54. The molecule has 1 saturated carbocycles. The summed E-state index contributed by atoms with van der Waals surface area (Å²) in [4.78, 5) is 17.5. The maximum atomic E-state index is 13.2. The summed E-state index contributed by atoms with van der Waals surface area (Å²) in [7, 11) is 0. The number of ether oxygens (including phenoxy) is 2. The molecule has 2 aliphatic heterocycles. The standard InChI is InChI=1S/C22H23FN2O3/c23-18-4-2-17(3-5-18)22(7-8-22)21(26)25-11-9-24(10-12-25)14-16-1-6-19-20(13-16)28-15-27-19/h1-6,13H,7-12,14-15H2. The zero-order valence-corrected chi connectivity index (χ0v) is 15.7. The predicted molar refractivity (Wildman–Crippen MR) is 102 cm³/mol. The first-order valence-electron chi connectivity index (χ1n) is 9.80. The zero-order chi connectivity index (χ0) is 19.1. The summed E-state index contributed by atoms with van der Waals surface area (Å²) >= 11 is 0. The van der Waals surface area contributed by atoms with Gasteiger partial charge in [0.1, 0.15) is 5.82 Å². The number of hydrogen-bond donors (Lipinski definition) is 0. The van der Waals surface area contributed by atoms with Crippen molar-refractivity contribution < 1.29 is 18.7 Å². The number of benzene rings is 2. The number of carbonyl (C=O) groups is 1. The van der Waals surface area contributed by atoms with Crippen LogP contribution in [0.3, 0.4) is 0 Å². The molecule has 0 aromatic heterocycles. The van der Waals surface area contributed by atoms with Crippen molar-refractivity contribution in [3.63, 3.8) is 0 Å². The van der Waals surface area contributed by atoms with E-state index in [0.29, 0.717) is 0 Å². The lowest BCUT2D eigenvalue weighted by molar-refractivity contribution is -0.135. The Bertz CT molecular complexity index is 887. The van der Waals surface area contributed by atoms with E-state index in [9.17, 15) is 9.18 Å². The van der Waals surface area contributed by atoms with Crippen molar-refractivity contribution >= 4 is 5.91 Å². The fourth-order valence-corrected chi connectivity index (χ4v) is 4.23. The van der Waals surface area contributed by atoms with Crippen molar-refractivity contribution in [2.24, 2.45) is 0 Å². The van der Waals surface area contributed by atoms with Gasteiger partial charge in [-0.15, -0.1) is 0 Å². The number of halogens is 1. The number of rotatable bonds is 4. The smallest absolute Gasteiger partial charge is 0.233 e. The van der Waals surface area contributed by atoms with Crippen molar-refractivity contribution in [2.75, 3.05) is 33.0 Å². The Labute approximate surface area is 163 Å². The van der Waals surface area contributed by atoms with E-state index >= 15 is 0 Å². The molecule has 5 rings (SSSR count). The molecule has 2 aromatic rings. The number of fused-ring (bicyclic) bond motifs is 1. The van der Waals surface area contributed by atoms with Crippen LogP contribution < -0.4 is 9.47 Å². The van der Waals surface area contributed by atoms with Gasteiger partial charge in [0, 0.05) is 32.7 Å². The average Bonchev–Trinajstić information content (AvgIpc) is 3.39. The first kappa shape index (κ1) is 17.5. The number of carbonyl (C=O) groups excluding carboxylic acids is 1. The maximum absolute atomic E-state index is 13.2. The highest BCUT2D eigenvalue weighted by molar-refractivity contribution is 5.91. The molecule has 0 unspecified atom stereocenters. The topological polar surface area (TPSA) is 42.0 Å². The number of nitrogens with zero attached hydrogens (tertiary/aromatic N) is 2. The van der Waals surface area contributed by atoms with Crippen molar-refractivity contribution in [1.29, 1.82) is 0 Å². The quantitative estimate of drug-likeness (QED) is 0.816. The summed E-state index contributed by atoms with van der Waals surface area (Å²) in [6.07, 6.45) is 1.71. The Morgan fingerprint density at radius 2 is 1.68 bits per heavy atom. The van der Waals surface area contributed by atoms with Crippen LogP contribution in [0.5, 0.6) is 11.5 Å². The highest BCUT2D eigenvalue weighted by Gasteiger charge is 2.53. The predicted octanol–water partition coefficient (Wildman–Crippen LogP) is 2.93. The van der Waals surface area contributed by atoms with Gasteiger partial charge in [-0.25, -0.2) is 4.39 Å². The van der Waals surface area contributed by atoms with Crippen LogP contribution in [0.15, 0.2) is 42.5 Å². The van der Waals surface area contributed by atoms with Crippen LogP contribution in [0, 0.1) is 5.82 Å². The van der Waals surface area contributed by atoms with Gasteiger partial charge in [0.25, 0.3) is 0 Å². The maximum Gasteiger partial charge on any atom is 0.233 e. The van der Waals surface area contributed by atoms with Crippen molar-refractivity contribution in [1.82, 2.24) is 9.80 Å². The van der Waals surface area contributed by atoms with Gasteiger partial charge in [0.15, 0.2) is 11.5 Å². The molecular formula is C22H23FN2O3. The SMILES string of the molecule is O=C(N1CCN(Cc2ccc3c(c2)OCO3)CC1)C1(c2ccc(F)cc2)CC1. The van der Waals surface area contributed by atoms with E-state index in [1.807, 2.05) is 17.0 Å². The molecule has 2 fully saturated rings. The normalized spacial score (nSPS) is 20.2. The first-order valence-corrected chi connectivity index (χ1v) is 9.80. The third-order valence-corrected chi connectivity index (χ3v) is 6.06. The van der Waals surface area contributed by atoms with Crippen LogP contribution in [0.25, 0.3) is 0 Å². The molecule has 2 aromatic carbocycles. The summed E-state index contributed by atoms with van der Waals surface area (Å²) < 4.78 is 24.0. The Hall–Kier alpha value is -2.60. The van der Waals surface area contributed by atoms with E-state index < -0.39 is 5.41 Å². The number of hydrogen-bond acceptors (Lipinski definition) is 4. The van der Waals surface area contributed by atoms with Gasteiger partial charge in [0.05, 0.1) is 5.41 Å². The van der Waals surface area contributed by atoms with Crippen molar-refractivity contribution in [3.05, 3.63) is 59.4 Å². The third-order valence-electron chi connectivity index (χ3n) is 6.06. The first-order chi connectivity index (χ1) is 13.6. The second kappa shape index (κ2) is 6.78. The van der Waals surface area contributed by atoms with E-state index in [4.69, 9.17) is 9.47 Å². The Morgan fingerprint density at radius 3 is 2.39 bits per heavy atom. The zero-order valence-electron chi connectivity index (χ0n) is 15.7. The molecule has 2 heterocycles. The third kappa shape index (κ3) is 3.11. The van der Waals surface area contributed by atoms with Gasteiger partial charge in [-0.3, -0.25) is 9.69 Å². The minimum absolute atomic E-state index is 0.196. The monoisotopic (exact) mass is 382 g/mol. The lowest BCUT2D eigenvalue weighted by Crippen LogP contribution is -2.51. The summed E-state index contributed by atoms with van der Waals surface area (Å²) in [6.45, 7) is 4.27. The van der Waals surface area contributed by atoms with Gasteiger partial charge < -0.3 is 14.4 Å². The van der Waals surface area contributed by atoms with Crippen molar-refractivity contribution in [3.8, 4) is 11.5 Å². The van der Waals surface area contributed by atoms with Crippen molar-refractivity contribution in [2.45, 2.75) is 24.8 Å². The van der Waals surface area contributed by atoms with Crippen LogP contribution in [0.2, 0.25) is 0 Å². The van der Waals surface area contributed by atoms with Crippen LogP contribution >= 0.6 is 0 Å². The van der Waals surface area contributed by atoms with E-state index in [0.717, 1.165) is 62.6 Å². The Morgan fingerprint density at radius 1 is 0.964 bits per heavy atom. The fourth-order valence-electron chi connectivity index (χ4n) is 4.23. The van der Waals surface area contributed by atoms with E-state index in [2.05, 4.69) is 11.0 Å². The van der Waals surface area contributed by atoms with Gasteiger partial charge >= 0.3 is 0 Å². The summed E-state index contributed by atoms with van der Waals surface area (Å²) in [5.41, 5.74) is 1.71. The van der Waals surface area contributed by atoms with Gasteiger partial charge in [-0.2, -0.15) is 0 Å². The van der Waals surface area contributed by atoms with E-state index in [-0.39, 0.29) is 18.5 Å². The van der Waals surface area contributed by atoms with Gasteiger partial charge in [0.2, 0.25) is 12.7 Å². The molecule has 146 valence electrons. The largest absolute Gasteiger partial charge is 0.454 e. The highest BCUT2D eigenvalue weighted by Crippen LogP contribution is 2.49. The molecule has 28 heavy (non-hydrogen) atoms. The Kier molecular flexibility index (Phi) is 4.23. The number of amides is 1. The lowest BCUT2D eigenvalue weighted by Gasteiger charge is -2.36. The van der Waals surface area contributed by atoms with Gasteiger partial charge in [-0.05, 0) is 48.2 Å². The second-order valence-corrected chi connectivity index (χ2v) is 7.84. The molecule has 0 spiro atoms. The minimum Gasteiger partial charge on any atom is -0.454 e. The lowest BCUT2D eigenvalue weighted by atomic mass is 9.94. The van der Waals surface area contributed by atoms with Crippen LogP contribution in [-0.4, -0.2) is 48.7 Å². The molecule has 1 aliphatic carbocycles. The summed E-state index contributed by atoms with van der Waals surface area (Å²) in [5, 5.41) is 0. The van der Waals surface area contributed by atoms with Crippen LogP contribution in [0.1, 0.15) is 24.0 Å². The number of piperazine rings is 1. The molecule has 1 amide bonds. The molecule has 0 bridgehead atoms. The molecular weight excluding hydrogens is 359 g/mol. The van der Waals surface area contributed by atoms with E-state index in [1.165, 1.54) is 17.7 Å². The van der Waals surface area contributed by atoms with Gasteiger partial charge in [-0.1, -0.05) is 18.2 Å². The van der Waals surface area contributed by atoms with Crippen LogP contribution in [0.4, 0.5) is 4.39 Å².